The summed E-state index contributed by atoms with van der Waals surface area (Å²) in [6.07, 6.45) is -3.05. The molecule has 0 atom stereocenters. The zero-order chi connectivity index (χ0) is 17.1. The number of nitrogens with one attached hydrogen (secondary N) is 2. The van der Waals surface area contributed by atoms with Crippen LogP contribution in [-0.4, -0.2) is 6.03 Å². The van der Waals surface area contributed by atoms with Gasteiger partial charge in [0, 0.05) is 11.9 Å². The van der Waals surface area contributed by atoms with E-state index in [-0.39, 0.29) is 11.1 Å². The van der Waals surface area contributed by atoms with Crippen LogP contribution in [0.5, 0.6) is 0 Å². The maximum absolute atomic E-state index is 12.7. The Hall–Kier alpha value is -1.69. The van der Waals surface area contributed by atoms with Crippen molar-refractivity contribution in [3.05, 3.63) is 40.6 Å². The number of urea groups is 1. The lowest BCUT2D eigenvalue weighted by Crippen LogP contribution is -2.25. The summed E-state index contributed by atoms with van der Waals surface area (Å²) in [6.45, 7) is 7.79. The molecule has 2 amide bonds. The molecule has 7 heteroatoms. The van der Waals surface area contributed by atoms with E-state index in [4.69, 9.17) is 11.6 Å². The van der Waals surface area contributed by atoms with E-state index >= 15 is 0 Å². The first-order valence-electron chi connectivity index (χ1n) is 6.53. The second-order valence-corrected chi connectivity index (χ2v) is 6.28. The van der Waals surface area contributed by atoms with Gasteiger partial charge >= 0.3 is 12.2 Å². The molecular weight excluding hydrogens is 317 g/mol. The van der Waals surface area contributed by atoms with E-state index in [1.807, 2.05) is 27.7 Å². The van der Waals surface area contributed by atoms with E-state index in [2.05, 4.69) is 10.6 Å². The summed E-state index contributed by atoms with van der Waals surface area (Å²) in [6, 6.07) is 2.56. The molecule has 1 rings (SSSR count). The summed E-state index contributed by atoms with van der Waals surface area (Å²) in [5.74, 6) is 0. The minimum Gasteiger partial charge on any atom is -0.314 e. The number of benzene rings is 1. The van der Waals surface area contributed by atoms with Gasteiger partial charge in [0.15, 0.2) is 0 Å². The molecule has 0 fully saturated rings. The fraction of sp³-hybridized carbons (Fsp3) is 0.400. The number of carbonyl (C=O) groups is 1. The minimum absolute atomic E-state index is 0.0102. The molecule has 0 spiro atoms. The largest absolute Gasteiger partial charge is 0.417 e. The third kappa shape index (κ3) is 5.26. The van der Waals surface area contributed by atoms with Crippen LogP contribution in [0.2, 0.25) is 5.02 Å². The van der Waals surface area contributed by atoms with Crippen molar-refractivity contribution in [2.75, 3.05) is 5.32 Å². The molecule has 0 aliphatic heterocycles. The van der Waals surface area contributed by atoms with Gasteiger partial charge in [-0.05, 0) is 30.5 Å². The molecule has 1 aromatic carbocycles. The van der Waals surface area contributed by atoms with Gasteiger partial charge in [0.05, 0.1) is 10.6 Å². The molecule has 0 saturated carbocycles. The van der Waals surface area contributed by atoms with Gasteiger partial charge in [-0.3, -0.25) is 0 Å². The van der Waals surface area contributed by atoms with Crippen LogP contribution in [0.3, 0.4) is 0 Å². The van der Waals surface area contributed by atoms with Gasteiger partial charge in [-0.25, -0.2) is 4.79 Å². The number of hydrogen-bond donors (Lipinski definition) is 2. The molecule has 0 radical (unpaired) electrons. The van der Waals surface area contributed by atoms with E-state index in [9.17, 15) is 18.0 Å². The Balaban J connectivity index is 2.82. The maximum atomic E-state index is 12.7. The normalized spacial score (nSPS) is 13.0. The summed E-state index contributed by atoms with van der Waals surface area (Å²) in [4.78, 5) is 11.7. The Morgan fingerprint density at radius 2 is 1.82 bits per heavy atom. The Morgan fingerprint density at radius 1 is 1.23 bits per heavy atom. The third-order valence-electron chi connectivity index (χ3n) is 3.13. The number of amides is 2. The second kappa shape index (κ2) is 6.60. The van der Waals surface area contributed by atoms with Crippen LogP contribution >= 0.6 is 11.6 Å². The molecule has 3 nitrogen and oxygen atoms in total. The van der Waals surface area contributed by atoms with Crippen LogP contribution in [0.1, 0.15) is 33.3 Å². The zero-order valence-electron chi connectivity index (χ0n) is 12.7. The van der Waals surface area contributed by atoms with Crippen molar-refractivity contribution in [2.24, 2.45) is 5.41 Å². The average Bonchev–Trinajstić information content (AvgIpc) is 2.35. The van der Waals surface area contributed by atoms with Crippen LogP contribution in [0.4, 0.5) is 23.7 Å². The summed E-state index contributed by atoms with van der Waals surface area (Å²) in [5.41, 5.74) is -0.170. The highest BCUT2D eigenvalue weighted by Gasteiger charge is 2.33. The highest BCUT2D eigenvalue weighted by Crippen LogP contribution is 2.36. The third-order valence-corrected chi connectivity index (χ3v) is 3.46. The number of allylic oxidation sites excluding steroid dienone is 1. The van der Waals surface area contributed by atoms with Crippen molar-refractivity contribution >= 4 is 23.3 Å². The first kappa shape index (κ1) is 18.4. The van der Waals surface area contributed by atoms with Gasteiger partial charge in [0.25, 0.3) is 0 Å². The van der Waals surface area contributed by atoms with Gasteiger partial charge in [-0.15, -0.1) is 0 Å². The number of halogens is 4. The van der Waals surface area contributed by atoms with Gasteiger partial charge in [0.2, 0.25) is 0 Å². The summed E-state index contributed by atoms with van der Waals surface area (Å²) in [7, 11) is 0. The number of hydrogen-bond acceptors (Lipinski definition) is 1. The standard InChI is InChI=1S/C15H18ClF3N2O/c1-9(14(2,3)4)8-20-13(22)21-10-5-6-12(16)11(7-10)15(17,18)19/h5-8H,1-4H3,(H2,20,21,22)/b9-8+. The quantitative estimate of drug-likeness (QED) is 0.744. The Kier molecular flexibility index (Phi) is 5.51. The molecule has 0 aliphatic rings. The summed E-state index contributed by atoms with van der Waals surface area (Å²) < 4.78 is 38.2. The molecule has 0 aliphatic carbocycles. The predicted molar refractivity (Wildman–Crippen MR) is 81.8 cm³/mol. The number of rotatable bonds is 2. The fourth-order valence-electron chi connectivity index (χ4n) is 1.38. The van der Waals surface area contributed by atoms with Crippen LogP contribution in [0.15, 0.2) is 30.0 Å². The van der Waals surface area contributed by atoms with Crippen LogP contribution in [0.25, 0.3) is 0 Å². The van der Waals surface area contributed by atoms with E-state index in [0.29, 0.717) is 0 Å². The van der Waals surface area contributed by atoms with Gasteiger partial charge in [0.1, 0.15) is 0 Å². The van der Waals surface area contributed by atoms with E-state index in [1.54, 1.807) is 0 Å². The Bertz CT molecular complexity index is 589. The minimum atomic E-state index is -4.58. The summed E-state index contributed by atoms with van der Waals surface area (Å²) in [5, 5.41) is 4.40. The van der Waals surface area contributed by atoms with Crippen molar-refractivity contribution in [1.82, 2.24) is 5.32 Å². The molecule has 2 N–H and O–H groups in total. The highest BCUT2D eigenvalue weighted by molar-refractivity contribution is 6.31. The number of carbonyl (C=O) groups excluding carboxylic acids is 1. The molecule has 0 bridgehead atoms. The lowest BCUT2D eigenvalue weighted by Gasteiger charge is -2.19. The maximum Gasteiger partial charge on any atom is 0.417 e. The molecule has 0 aromatic heterocycles. The van der Waals surface area contributed by atoms with Crippen molar-refractivity contribution in [1.29, 1.82) is 0 Å². The molecule has 122 valence electrons. The predicted octanol–water partition coefficient (Wildman–Crippen LogP) is 5.43. The van der Waals surface area contributed by atoms with Crippen molar-refractivity contribution < 1.29 is 18.0 Å². The van der Waals surface area contributed by atoms with Crippen LogP contribution in [-0.2, 0) is 6.18 Å². The highest BCUT2D eigenvalue weighted by atomic mass is 35.5. The van der Waals surface area contributed by atoms with Crippen LogP contribution < -0.4 is 10.6 Å². The van der Waals surface area contributed by atoms with Gasteiger partial charge in [-0.2, -0.15) is 13.2 Å². The first-order valence-corrected chi connectivity index (χ1v) is 6.90. The lowest BCUT2D eigenvalue weighted by atomic mass is 9.88. The monoisotopic (exact) mass is 334 g/mol. The number of anilines is 1. The second-order valence-electron chi connectivity index (χ2n) is 5.87. The first-order chi connectivity index (χ1) is 9.91. The lowest BCUT2D eigenvalue weighted by molar-refractivity contribution is -0.137. The number of alkyl halides is 3. The molecule has 1 aromatic rings. The molecule has 0 heterocycles. The summed E-state index contributed by atoms with van der Waals surface area (Å²) >= 11 is 5.51. The molecular formula is C15H18ClF3N2O. The zero-order valence-corrected chi connectivity index (χ0v) is 13.5. The topological polar surface area (TPSA) is 41.1 Å². The van der Waals surface area contributed by atoms with E-state index in [1.165, 1.54) is 12.3 Å². The van der Waals surface area contributed by atoms with E-state index in [0.717, 1.165) is 17.7 Å². The van der Waals surface area contributed by atoms with Crippen molar-refractivity contribution in [3.8, 4) is 0 Å². The van der Waals surface area contributed by atoms with E-state index < -0.39 is 22.8 Å². The van der Waals surface area contributed by atoms with Crippen LogP contribution in [0, 0.1) is 5.41 Å². The van der Waals surface area contributed by atoms with Gasteiger partial charge < -0.3 is 10.6 Å². The van der Waals surface area contributed by atoms with Crippen molar-refractivity contribution in [2.45, 2.75) is 33.9 Å². The Labute approximate surface area is 132 Å². The molecule has 22 heavy (non-hydrogen) atoms. The Morgan fingerprint density at radius 3 is 2.32 bits per heavy atom. The molecule has 0 unspecified atom stereocenters. The van der Waals surface area contributed by atoms with Gasteiger partial charge in [-0.1, -0.05) is 37.9 Å². The fourth-order valence-corrected chi connectivity index (χ4v) is 1.60. The van der Waals surface area contributed by atoms with Crippen molar-refractivity contribution in [3.63, 3.8) is 0 Å². The smallest absolute Gasteiger partial charge is 0.314 e. The molecule has 0 saturated heterocycles. The SMILES string of the molecule is C/C(=C\NC(=O)Nc1ccc(Cl)c(C(F)(F)F)c1)C(C)(C)C. The average molecular weight is 335 g/mol.